The number of hydrogen-bond acceptors (Lipinski definition) is 5. The Kier molecular flexibility index (Phi) is 6.20. The predicted molar refractivity (Wildman–Crippen MR) is 133 cm³/mol. The van der Waals surface area contributed by atoms with Gasteiger partial charge >= 0.3 is 0 Å². The number of nitrogens with one attached hydrogen (secondary N) is 1. The number of nitrogen functional groups attached to an aromatic ring is 1. The minimum Gasteiger partial charge on any atom is -0.399 e. The van der Waals surface area contributed by atoms with E-state index < -0.39 is 11.6 Å². The SMILES string of the molecule is CC(C)(C)NC(=O)C(c1ccsc1)N(C(=O)Cn1cnc2ccccc21)c1ccc(N)cc1. The molecule has 1 unspecified atom stereocenters. The van der Waals surface area contributed by atoms with Gasteiger partial charge in [0.2, 0.25) is 11.8 Å². The van der Waals surface area contributed by atoms with Crippen molar-refractivity contribution in [3.8, 4) is 0 Å². The van der Waals surface area contributed by atoms with Crippen molar-refractivity contribution in [3.63, 3.8) is 0 Å². The maximum absolute atomic E-state index is 13.8. The van der Waals surface area contributed by atoms with E-state index in [9.17, 15) is 9.59 Å². The van der Waals surface area contributed by atoms with E-state index in [4.69, 9.17) is 5.73 Å². The smallest absolute Gasteiger partial charge is 0.248 e. The van der Waals surface area contributed by atoms with Crippen LogP contribution >= 0.6 is 11.3 Å². The van der Waals surface area contributed by atoms with Crippen LogP contribution in [0.15, 0.2) is 71.7 Å². The third-order valence-electron chi connectivity index (χ3n) is 5.14. The van der Waals surface area contributed by atoms with E-state index in [2.05, 4.69) is 10.3 Å². The molecule has 4 rings (SSSR count). The van der Waals surface area contributed by atoms with E-state index in [0.717, 1.165) is 16.6 Å². The predicted octanol–water partition coefficient (Wildman–Crippen LogP) is 4.37. The van der Waals surface area contributed by atoms with Crippen molar-refractivity contribution >= 4 is 45.6 Å². The summed E-state index contributed by atoms with van der Waals surface area (Å²) < 4.78 is 1.80. The largest absolute Gasteiger partial charge is 0.399 e. The lowest BCUT2D eigenvalue weighted by molar-refractivity contribution is -0.127. The van der Waals surface area contributed by atoms with Gasteiger partial charge in [0.15, 0.2) is 0 Å². The average Bonchev–Trinajstić information content (AvgIpc) is 3.42. The summed E-state index contributed by atoms with van der Waals surface area (Å²) >= 11 is 1.48. The molecule has 4 aromatic rings. The number of para-hydroxylation sites is 2. The number of thiophene rings is 1. The molecule has 0 radical (unpaired) electrons. The lowest BCUT2D eigenvalue weighted by atomic mass is 10.0. The monoisotopic (exact) mass is 461 g/mol. The molecule has 2 aromatic heterocycles. The number of imidazole rings is 1. The van der Waals surface area contributed by atoms with Gasteiger partial charge in [0.25, 0.3) is 0 Å². The third kappa shape index (κ3) is 5.06. The molecule has 0 saturated heterocycles. The first-order chi connectivity index (χ1) is 15.7. The van der Waals surface area contributed by atoms with Crippen LogP contribution in [0.2, 0.25) is 0 Å². The van der Waals surface area contributed by atoms with E-state index >= 15 is 0 Å². The average molecular weight is 462 g/mol. The summed E-state index contributed by atoms with van der Waals surface area (Å²) in [5.41, 5.74) is 9.03. The Labute approximate surface area is 196 Å². The molecule has 3 N–H and O–H groups in total. The van der Waals surface area contributed by atoms with Gasteiger partial charge < -0.3 is 15.6 Å². The highest BCUT2D eigenvalue weighted by Gasteiger charge is 2.34. The lowest BCUT2D eigenvalue weighted by Gasteiger charge is -2.33. The molecule has 0 saturated carbocycles. The maximum atomic E-state index is 13.8. The number of anilines is 2. The molecule has 0 aliphatic heterocycles. The minimum atomic E-state index is -0.832. The highest BCUT2D eigenvalue weighted by Crippen LogP contribution is 2.31. The topological polar surface area (TPSA) is 93.2 Å². The quantitative estimate of drug-likeness (QED) is 0.417. The summed E-state index contributed by atoms with van der Waals surface area (Å²) in [7, 11) is 0. The summed E-state index contributed by atoms with van der Waals surface area (Å²) in [6.07, 6.45) is 1.65. The molecule has 8 heteroatoms. The normalized spacial score (nSPS) is 12.5. The fraction of sp³-hybridized carbons (Fsp3) is 0.240. The Bertz CT molecular complexity index is 1260. The summed E-state index contributed by atoms with van der Waals surface area (Å²) in [6.45, 7) is 5.79. The molecule has 0 bridgehead atoms. The molecule has 7 nitrogen and oxygen atoms in total. The van der Waals surface area contributed by atoms with Crippen LogP contribution in [0.4, 0.5) is 11.4 Å². The van der Waals surface area contributed by atoms with Crippen LogP contribution in [-0.2, 0) is 16.1 Å². The molecule has 0 spiro atoms. The number of nitrogens with zero attached hydrogens (tertiary/aromatic N) is 3. The molecule has 1 atom stereocenters. The van der Waals surface area contributed by atoms with Crippen molar-refractivity contribution in [2.45, 2.75) is 38.9 Å². The molecule has 170 valence electrons. The van der Waals surface area contributed by atoms with Gasteiger partial charge in [-0.15, -0.1) is 0 Å². The number of rotatable bonds is 6. The number of aromatic nitrogens is 2. The first-order valence-electron chi connectivity index (χ1n) is 10.6. The van der Waals surface area contributed by atoms with Crippen LogP contribution in [0.1, 0.15) is 32.4 Å². The Balaban J connectivity index is 1.77. The van der Waals surface area contributed by atoms with Gasteiger partial charge in [-0.2, -0.15) is 11.3 Å². The second kappa shape index (κ2) is 9.07. The molecule has 33 heavy (non-hydrogen) atoms. The van der Waals surface area contributed by atoms with Crippen molar-refractivity contribution < 1.29 is 9.59 Å². The first kappa shape index (κ1) is 22.5. The third-order valence-corrected chi connectivity index (χ3v) is 5.84. The number of carbonyl (C=O) groups excluding carboxylic acids is 2. The summed E-state index contributed by atoms with van der Waals surface area (Å²) in [5.74, 6) is -0.482. The number of amides is 2. The van der Waals surface area contributed by atoms with E-state index in [1.54, 1.807) is 40.1 Å². The van der Waals surface area contributed by atoms with Crippen molar-refractivity contribution in [1.82, 2.24) is 14.9 Å². The molecule has 2 heterocycles. The van der Waals surface area contributed by atoms with E-state index in [0.29, 0.717) is 11.4 Å². The Morgan fingerprint density at radius 1 is 1.12 bits per heavy atom. The van der Waals surface area contributed by atoms with Crippen LogP contribution in [0.3, 0.4) is 0 Å². The van der Waals surface area contributed by atoms with Crippen molar-refractivity contribution in [2.24, 2.45) is 0 Å². The van der Waals surface area contributed by atoms with Crippen LogP contribution in [-0.4, -0.2) is 26.9 Å². The molecule has 2 aromatic carbocycles. The zero-order chi connectivity index (χ0) is 23.6. The van der Waals surface area contributed by atoms with E-state index in [1.807, 2.05) is 61.9 Å². The second-order valence-electron chi connectivity index (χ2n) is 8.91. The molecule has 0 fully saturated rings. The van der Waals surface area contributed by atoms with Gasteiger partial charge in [-0.3, -0.25) is 14.5 Å². The van der Waals surface area contributed by atoms with E-state index in [-0.39, 0.29) is 18.4 Å². The summed E-state index contributed by atoms with van der Waals surface area (Å²) in [6, 6.07) is 15.7. The molecule has 0 aliphatic carbocycles. The summed E-state index contributed by atoms with van der Waals surface area (Å²) in [5, 5.41) is 6.84. The van der Waals surface area contributed by atoms with Crippen molar-refractivity contribution in [3.05, 3.63) is 77.2 Å². The number of benzene rings is 2. The van der Waals surface area contributed by atoms with Gasteiger partial charge in [0.05, 0.1) is 17.4 Å². The Morgan fingerprint density at radius 3 is 2.52 bits per heavy atom. The zero-order valence-corrected chi connectivity index (χ0v) is 19.7. The fourth-order valence-corrected chi connectivity index (χ4v) is 4.40. The molecular formula is C25H27N5O2S. The number of carbonyl (C=O) groups is 2. The van der Waals surface area contributed by atoms with Crippen LogP contribution in [0, 0.1) is 0 Å². The minimum absolute atomic E-state index is 0.0360. The maximum Gasteiger partial charge on any atom is 0.248 e. The molecule has 0 aliphatic rings. The first-order valence-corrected chi connectivity index (χ1v) is 11.6. The highest BCUT2D eigenvalue weighted by molar-refractivity contribution is 7.08. The highest BCUT2D eigenvalue weighted by atomic mass is 32.1. The van der Waals surface area contributed by atoms with E-state index in [1.165, 1.54) is 11.3 Å². The molecule has 2 amide bonds. The Hall–Kier alpha value is -3.65. The number of fused-ring (bicyclic) bond motifs is 1. The Morgan fingerprint density at radius 2 is 1.85 bits per heavy atom. The van der Waals surface area contributed by atoms with Gasteiger partial charge in [-0.25, -0.2) is 4.98 Å². The van der Waals surface area contributed by atoms with Gasteiger partial charge in [0.1, 0.15) is 12.6 Å². The van der Waals surface area contributed by atoms with Crippen LogP contribution in [0.5, 0.6) is 0 Å². The summed E-state index contributed by atoms with van der Waals surface area (Å²) in [4.78, 5) is 33.3. The number of nitrogens with two attached hydrogens (primary N) is 1. The van der Waals surface area contributed by atoms with Crippen molar-refractivity contribution in [1.29, 1.82) is 0 Å². The van der Waals surface area contributed by atoms with Crippen LogP contribution in [0.25, 0.3) is 11.0 Å². The lowest BCUT2D eigenvalue weighted by Crippen LogP contribution is -2.50. The van der Waals surface area contributed by atoms with Gasteiger partial charge in [0, 0.05) is 16.9 Å². The fourth-order valence-electron chi connectivity index (χ4n) is 3.72. The number of hydrogen-bond donors (Lipinski definition) is 2. The van der Waals surface area contributed by atoms with Gasteiger partial charge in [-0.05, 0) is 79.6 Å². The van der Waals surface area contributed by atoms with Crippen molar-refractivity contribution in [2.75, 3.05) is 10.6 Å². The second-order valence-corrected chi connectivity index (χ2v) is 9.69. The molecular weight excluding hydrogens is 434 g/mol. The standard InChI is InChI=1S/C25H27N5O2S/c1-25(2,3)28-24(32)23(17-12-13-33-15-17)30(19-10-8-18(26)9-11-19)22(31)14-29-16-27-20-6-4-5-7-21(20)29/h4-13,15-16,23H,14,26H2,1-3H3,(H,28,32). The van der Waals surface area contributed by atoms with Crippen LogP contribution < -0.4 is 16.0 Å². The zero-order valence-electron chi connectivity index (χ0n) is 18.9. The van der Waals surface area contributed by atoms with Gasteiger partial charge in [-0.1, -0.05) is 12.1 Å².